The van der Waals surface area contributed by atoms with Crippen LogP contribution in [0.15, 0.2) is 128 Å². The van der Waals surface area contributed by atoms with Gasteiger partial charge in [-0.05, 0) is 45.8 Å². The van der Waals surface area contributed by atoms with Gasteiger partial charge in [0.25, 0.3) is 0 Å². The molecule has 4 heteroatoms. The van der Waals surface area contributed by atoms with Crippen molar-refractivity contribution in [3.8, 4) is 44.9 Å². The van der Waals surface area contributed by atoms with E-state index >= 15 is 0 Å². The van der Waals surface area contributed by atoms with E-state index in [0.29, 0.717) is 5.92 Å². The van der Waals surface area contributed by atoms with E-state index in [2.05, 4.69) is 102 Å². The molecule has 2 aromatic heterocycles. The first-order chi connectivity index (χ1) is 20.1. The molecule has 6 aromatic rings. The Morgan fingerprint density at radius 3 is 1.88 bits per heavy atom. The summed E-state index contributed by atoms with van der Waals surface area (Å²) in [5.74, 6) is 1.16. The van der Waals surface area contributed by atoms with Gasteiger partial charge in [0.05, 0.1) is 5.82 Å². The van der Waals surface area contributed by atoms with Crippen LogP contribution in [-0.2, 0) is 26.5 Å². The molecule has 4 aromatic carbocycles. The number of nitrogens with zero attached hydrogens (tertiary/aromatic N) is 3. The van der Waals surface area contributed by atoms with Gasteiger partial charge >= 0.3 is 0 Å². The van der Waals surface area contributed by atoms with Crippen LogP contribution >= 0.6 is 0 Å². The van der Waals surface area contributed by atoms with E-state index in [1.54, 1.807) is 0 Å². The summed E-state index contributed by atoms with van der Waals surface area (Å²) in [6.45, 7) is 6.44. The number of aromatic nitrogens is 3. The van der Waals surface area contributed by atoms with Gasteiger partial charge in [0.1, 0.15) is 0 Å². The zero-order valence-electron chi connectivity index (χ0n) is 24.1. The molecule has 3 nitrogen and oxygen atoms in total. The molecular weight excluding hydrogens is 691 g/mol. The van der Waals surface area contributed by atoms with Crippen LogP contribution < -0.4 is 0 Å². The van der Waals surface area contributed by atoms with Crippen LogP contribution in [0.2, 0.25) is 0 Å². The second-order valence-electron chi connectivity index (χ2n) is 10.1. The summed E-state index contributed by atoms with van der Waals surface area (Å²) in [5.41, 5.74) is 10.2. The second-order valence-corrected chi connectivity index (χ2v) is 10.1. The van der Waals surface area contributed by atoms with Gasteiger partial charge in [-0.3, -0.25) is 9.97 Å². The molecule has 42 heavy (non-hydrogen) atoms. The fourth-order valence-electron chi connectivity index (χ4n) is 4.53. The maximum atomic E-state index is 4.57. The van der Waals surface area contributed by atoms with E-state index in [1.165, 1.54) is 22.3 Å². The van der Waals surface area contributed by atoms with Crippen molar-refractivity contribution in [1.82, 2.24) is 15.0 Å². The van der Waals surface area contributed by atoms with E-state index < -0.39 is 0 Å². The Balaban J connectivity index is 0.000000189. The topological polar surface area (TPSA) is 38.7 Å². The summed E-state index contributed by atoms with van der Waals surface area (Å²) in [6, 6.07) is 43.4. The van der Waals surface area contributed by atoms with Gasteiger partial charge in [-0.2, -0.15) is 0 Å². The Morgan fingerprint density at radius 2 is 1.26 bits per heavy atom. The van der Waals surface area contributed by atoms with Gasteiger partial charge in [0.15, 0.2) is 0 Å². The van der Waals surface area contributed by atoms with Gasteiger partial charge in [-0.1, -0.05) is 87.5 Å². The van der Waals surface area contributed by atoms with Crippen LogP contribution in [0.3, 0.4) is 0 Å². The Bertz CT molecular complexity index is 1670. The number of aryl methyl sites for hydroxylation is 1. The molecule has 0 fully saturated rings. The van der Waals surface area contributed by atoms with E-state index in [4.69, 9.17) is 0 Å². The molecule has 0 atom stereocenters. The first-order valence-electron chi connectivity index (χ1n) is 14.0. The molecule has 6 rings (SSSR count). The van der Waals surface area contributed by atoms with Crippen LogP contribution in [0.1, 0.15) is 37.8 Å². The van der Waals surface area contributed by atoms with Crippen LogP contribution in [0.25, 0.3) is 44.9 Å². The summed E-state index contributed by atoms with van der Waals surface area (Å²) in [4.78, 5) is 13.5. The maximum absolute atomic E-state index is 4.57. The first-order valence-corrected chi connectivity index (χ1v) is 14.0. The van der Waals surface area contributed by atoms with Crippen molar-refractivity contribution in [1.29, 1.82) is 0 Å². The van der Waals surface area contributed by atoms with Crippen LogP contribution in [-0.4, -0.2) is 15.0 Å². The third-order valence-corrected chi connectivity index (χ3v) is 6.93. The zero-order chi connectivity index (χ0) is 28.4. The van der Waals surface area contributed by atoms with Crippen LogP contribution in [0, 0.1) is 12.1 Å². The smallest absolute Gasteiger partial charge is 0.0748 e. The average molecular weight is 724 g/mol. The molecular formula is C38H33IrN3-2. The number of benzene rings is 4. The zero-order valence-corrected chi connectivity index (χ0v) is 26.5. The largest absolute Gasteiger partial charge is 0.304 e. The molecule has 0 N–H and O–H groups in total. The van der Waals surface area contributed by atoms with Gasteiger partial charge < -0.3 is 4.98 Å². The minimum Gasteiger partial charge on any atom is -0.304 e. The van der Waals surface area contributed by atoms with Gasteiger partial charge in [0.2, 0.25) is 0 Å². The summed E-state index contributed by atoms with van der Waals surface area (Å²) < 4.78 is 0. The molecule has 0 unspecified atom stereocenters. The second kappa shape index (κ2) is 15.1. The predicted molar refractivity (Wildman–Crippen MR) is 169 cm³/mol. The van der Waals surface area contributed by atoms with E-state index in [0.717, 1.165) is 40.2 Å². The predicted octanol–water partition coefficient (Wildman–Crippen LogP) is 9.51. The Kier molecular flexibility index (Phi) is 11.1. The van der Waals surface area contributed by atoms with Crippen LogP contribution in [0.5, 0.6) is 0 Å². The molecule has 0 saturated heterocycles. The van der Waals surface area contributed by atoms with Crippen molar-refractivity contribution in [2.24, 2.45) is 0 Å². The molecule has 0 spiro atoms. The van der Waals surface area contributed by atoms with Gasteiger partial charge in [-0.25, -0.2) is 0 Å². The van der Waals surface area contributed by atoms with Crippen molar-refractivity contribution in [3.63, 3.8) is 0 Å². The molecule has 0 aliphatic heterocycles. The molecule has 211 valence electrons. The number of hydrogen-bond acceptors (Lipinski definition) is 3. The minimum absolute atomic E-state index is 0. The summed E-state index contributed by atoms with van der Waals surface area (Å²) in [6.07, 6.45) is 6.76. The average Bonchev–Trinajstić information content (AvgIpc) is 3.06. The third kappa shape index (κ3) is 7.73. The monoisotopic (exact) mass is 724 g/mol. The van der Waals surface area contributed by atoms with E-state index in [1.807, 2.05) is 73.2 Å². The molecule has 0 aliphatic carbocycles. The third-order valence-electron chi connectivity index (χ3n) is 6.93. The SMILES string of the molecule is CC(C)c1cnc(-c2[c-]ccc(-c3ccccc3)c2)nc1.CCc1cnc(-c2[c-]cccc2)cc1-c1ccccc1.[Ir]. The Hall–Kier alpha value is -4.24. The normalized spacial score (nSPS) is 10.4. The standard InChI is InChI=1S/C19H17N2.C19H16N.Ir/c1-14(2)18-12-20-19(21-13-18)17-10-6-9-16(11-17)15-7-4-3-5-8-15;1-2-15-14-20-19(17-11-7-4-8-12-17)13-18(15)16-9-5-3-6-10-16;/h3-9,11-14H,1-2H3;3-11,13-14H,2H2,1H3;/q2*-1;. The number of hydrogen-bond donors (Lipinski definition) is 0. The fourth-order valence-corrected chi connectivity index (χ4v) is 4.53. The van der Waals surface area contributed by atoms with Crippen molar-refractivity contribution >= 4 is 0 Å². The minimum atomic E-state index is 0. The van der Waals surface area contributed by atoms with Crippen molar-refractivity contribution < 1.29 is 20.1 Å². The van der Waals surface area contributed by atoms with Gasteiger partial charge in [0, 0.05) is 38.7 Å². The van der Waals surface area contributed by atoms with Crippen molar-refractivity contribution in [2.75, 3.05) is 0 Å². The summed E-state index contributed by atoms with van der Waals surface area (Å²) >= 11 is 0. The number of rotatable bonds is 6. The molecule has 0 aliphatic rings. The van der Waals surface area contributed by atoms with E-state index in [-0.39, 0.29) is 20.1 Å². The van der Waals surface area contributed by atoms with E-state index in [9.17, 15) is 0 Å². The molecule has 0 amide bonds. The maximum Gasteiger partial charge on any atom is 0.0748 e. The van der Waals surface area contributed by atoms with Crippen molar-refractivity contribution in [2.45, 2.75) is 33.1 Å². The molecule has 2 heterocycles. The first kappa shape index (κ1) is 30.7. The number of pyridine rings is 1. The fraction of sp³-hybridized carbons (Fsp3) is 0.132. The summed E-state index contributed by atoms with van der Waals surface area (Å²) in [7, 11) is 0. The Morgan fingerprint density at radius 1 is 0.619 bits per heavy atom. The van der Waals surface area contributed by atoms with Crippen LogP contribution in [0.4, 0.5) is 0 Å². The van der Waals surface area contributed by atoms with Crippen molar-refractivity contribution in [3.05, 3.63) is 151 Å². The summed E-state index contributed by atoms with van der Waals surface area (Å²) in [5, 5.41) is 0. The quantitative estimate of drug-likeness (QED) is 0.161. The molecule has 0 saturated carbocycles. The Labute approximate surface area is 263 Å². The van der Waals surface area contributed by atoms with Gasteiger partial charge in [-0.15, -0.1) is 71.3 Å². The molecule has 1 radical (unpaired) electrons. The molecule has 0 bridgehead atoms.